The van der Waals surface area contributed by atoms with Gasteiger partial charge >= 0.3 is 6.18 Å². The Morgan fingerprint density at radius 3 is 2.62 bits per heavy atom. The van der Waals surface area contributed by atoms with Crippen LogP contribution < -0.4 is 5.32 Å². The van der Waals surface area contributed by atoms with Gasteiger partial charge in [-0.2, -0.15) is 13.2 Å². The molecule has 0 saturated heterocycles. The second-order valence-electron chi connectivity index (χ2n) is 5.15. The van der Waals surface area contributed by atoms with Gasteiger partial charge in [0.25, 0.3) is 0 Å². The molecule has 2 aromatic rings. The molecular formula is C15H13BrF3NS. The summed E-state index contributed by atoms with van der Waals surface area (Å²) in [6.45, 7) is 0.787. The highest BCUT2D eigenvalue weighted by molar-refractivity contribution is 9.10. The molecule has 0 spiro atoms. The van der Waals surface area contributed by atoms with Gasteiger partial charge in [-0.3, -0.25) is 0 Å². The average molecular weight is 376 g/mol. The van der Waals surface area contributed by atoms with E-state index in [1.165, 1.54) is 30.2 Å². The predicted octanol–water partition coefficient (Wildman–Crippen LogP) is 5.45. The highest BCUT2D eigenvalue weighted by Gasteiger charge is 2.31. The van der Waals surface area contributed by atoms with Crippen LogP contribution in [-0.2, 0) is 12.7 Å². The van der Waals surface area contributed by atoms with E-state index in [0.29, 0.717) is 16.1 Å². The van der Waals surface area contributed by atoms with Gasteiger partial charge in [0, 0.05) is 26.8 Å². The predicted molar refractivity (Wildman–Crippen MR) is 82.3 cm³/mol. The van der Waals surface area contributed by atoms with E-state index < -0.39 is 11.7 Å². The SMILES string of the molecule is FC(F)(F)c1cc(Br)cc(-c2ccc(CNC3CC3)s2)c1. The lowest BCUT2D eigenvalue weighted by Gasteiger charge is -2.09. The first-order valence-electron chi connectivity index (χ1n) is 6.62. The average Bonchev–Trinajstić information content (AvgIpc) is 3.11. The third-order valence-corrected chi connectivity index (χ3v) is 4.91. The van der Waals surface area contributed by atoms with Crippen LogP contribution in [0.15, 0.2) is 34.8 Å². The van der Waals surface area contributed by atoms with Crippen molar-refractivity contribution >= 4 is 27.3 Å². The number of hydrogen-bond donors (Lipinski definition) is 1. The molecule has 6 heteroatoms. The molecule has 1 aliphatic carbocycles. The van der Waals surface area contributed by atoms with Gasteiger partial charge in [0.05, 0.1) is 5.56 Å². The molecule has 0 bridgehead atoms. The number of thiophene rings is 1. The summed E-state index contributed by atoms with van der Waals surface area (Å²) in [6, 6.07) is 8.51. The minimum absolute atomic E-state index is 0.443. The van der Waals surface area contributed by atoms with Crippen LogP contribution in [0.1, 0.15) is 23.3 Å². The Morgan fingerprint density at radius 2 is 1.95 bits per heavy atom. The number of rotatable bonds is 4. The number of halogens is 4. The summed E-state index contributed by atoms with van der Waals surface area (Å²) < 4.78 is 39.0. The second kappa shape index (κ2) is 5.74. The Hall–Kier alpha value is -0.850. The second-order valence-corrected chi connectivity index (χ2v) is 7.23. The first-order valence-corrected chi connectivity index (χ1v) is 8.23. The first-order chi connectivity index (χ1) is 9.91. The Kier molecular flexibility index (Phi) is 4.12. The standard InChI is InChI=1S/C15H13BrF3NS/c16-11-6-9(5-10(7-11)15(17,18)19)14-4-3-13(21-14)8-20-12-1-2-12/h3-7,12,20H,1-2,8H2. The fourth-order valence-electron chi connectivity index (χ4n) is 2.06. The van der Waals surface area contributed by atoms with Gasteiger partial charge in [0.15, 0.2) is 0 Å². The highest BCUT2D eigenvalue weighted by Crippen LogP contribution is 2.37. The van der Waals surface area contributed by atoms with Crippen LogP contribution in [0.5, 0.6) is 0 Å². The van der Waals surface area contributed by atoms with E-state index in [9.17, 15) is 13.2 Å². The molecule has 0 aliphatic heterocycles. The fourth-order valence-corrected chi connectivity index (χ4v) is 3.50. The van der Waals surface area contributed by atoms with Crippen molar-refractivity contribution < 1.29 is 13.2 Å². The van der Waals surface area contributed by atoms with Crippen LogP contribution in [-0.4, -0.2) is 6.04 Å². The highest BCUT2D eigenvalue weighted by atomic mass is 79.9. The molecule has 1 N–H and O–H groups in total. The molecular weight excluding hydrogens is 363 g/mol. The lowest BCUT2D eigenvalue weighted by Crippen LogP contribution is -2.14. The smallest absolute Gasteiger partial charge is 0.309 e. The van der Waals surface area contributed by atoms with Gasteiger partial charge in [0.1, 0.15) is 0 Å². The van der Waals surface area contributed by atoms with Crippen molar-refractivity contribution in [1.82, 2.24) is 5.32 Å². The van der Waals surface area contributed by atoms with Crippen LogP contribution in [0.2, 0.25) is 0 Å². The minimum atomic E-state index is -4.33. The monoisotopic (exact) mass is 375 g/mol. The van der Waals surface area contributed by atoms with E-state index in [1.54, 1.807) is 6.07 Å². The van der Waals surface area contributed by atoms with Crippen LogP contribution in [0.3, 0.4) is 0 Å². The van der Waals surface area contributed by atoms with Crippen molar-refractivity contribution in [3.8, 4) is 10.4 Å². The van der Waals surface area contributed by atoms with Crippen molar-refractivity contribution in [1.29, 1.82) is 0 Å². The van der Waals surface area contributed by atoms with Crippen molar-refractivity contribution in [2.24, 2.45) is 0 Å². The lowest BCUT2D eigenvalue weighted by molar-refractivity contribution is -0.137. The van der Waals surface area contributed by atoms with Crippen LogP contribution in [0, 0.1) is 0 Å². The van der Waals surface area contributed by atoms with Gasteiger partial charge < -0.3 is 5.32 Å². The van der Waals surface area contributed by atoms with E-state index in [1.807, 2.05) is 12.1 Å². The Morgan fingerprint density at radius 1 is 1.19 bits per heavy atom. The summed E-state index contributed by atoms with van der Waals surface area (Å²) in [5.74, 6) is 0. The van der Waals surface area contributed by atoms with Gasteiger partial charge in [-0.15, -0.1) is 11.3 Å². The summed E-state index contributed by atoms with van der Waals surface area (Å²) in [7, 11) is 0. The van der Waals surface area contributed by atoms with E-state index in [2.05, 4.69) is 21.2 Å². The molecule has 1 aromatic heterocycles. The zero-order valence-electron chi connectivity index (χ0n) is 11.0. The molecule has 1 nitrogen and oxygen atoms in total. The van der Waals surface area contributed by atoms with E-state index in [0.717, 1.165) is 22.4 Å². The summed E-state index contributed by atoms with van der Waals surface area (Å²) in [5.41, 5.74) is -0.0303. The molecule has 3 rings (SSSR count). The van der Waals surface area contributed by atoms with Crippen LogP contribution >= 0.6 is 27.3 Å². The summed E-state index contributed by atoms with van der Waals surface area (Å²) in [4.78, 5) is 2.00. The van der Waals surface area contributed by atoms with Gasteiger partial charge in [-0.05, 0) is 48.7 Å². The molecule has 112 valence electrons. The molecule has 0 unspecified atom stereocenters. The number of nitrogens with one attached hydrogen (secondary N) is 1. The van der Waals surface area contributed by atoms with Crippen molar-refractivity contribution in [3.63, 3.8) is 0 Å². The van der Waals surface area contributed by atoms with Gasteiger partial charge in [0.2, 0.25) is 0 Å². The maximum atomic E-state index is 12.9. The summed E-state index contributed by atoms with van der Waals surface area (Å²) in [6.07, 6.45) is -1.89. The van der Waals surface area contributed by atoms with Gasteiger partial charge in [-0.1, -0.05) is 15.9 Å². The van der Waals surface area contributed by atoms with E-state index in [4.69, 9.17) is 0 Å². The number of hydrogen-bond acceptors (Lipinski definition) is 2. The summed E-state index contributed by atoms with van der Waals surface area (Å²) >= 11 is 4.69. The topological polar surface area (TPSA) is 12.0 Å². The largest absolute Gasteiger partial charge is 0.416 e. The first kappa shape index (κ1) is 15.1. The Balaban J connectivity index is 1.83. The quantitative estimate of drug-likeness (QED) is 0.749. The molecule has 21 heavy (non-hydrogen) atoms. The molecule has 0 atom stereocenters. The minimum Gasteiger partial charge on any atom is -0.309 e. The molecule has 0 amide bonds. The van der Waals surface area contributed by atoms with E-state index >= 15 is 0 Å². The Bertz CT molecular complexity index is 647. The van der Waals surface area contributed by atoms with Crippen LogP contribution in [0.4, 0.5) is 13.2 Å². The van der Waals surface area contributed by atoms with Crippen molar-refractivity contribution in [2.75, 3.05) is 0 Å². The molecule has 1 aromatic carbocycles. The third kappa shape index (κ3) is 3.87. The van der Waals surface area contributed by atoms with Crippen molar-refractivity contribution in [3.05, 3.63) is 45.2 Å². The maximum absolute atomic E-state index is 12.9. The lowest BCUT2D eigenvalue weighted by atomic mass is 10.1. The molecule has 1 fully saturated rings. The fraction of sp³-hybridized carbons (Fsp3) is 0.333. The maximum Gasteiger partial charge on any atom is 0.416 e. The zero-order valence-corrected chi connectivity index (χ0v) is 13.4. The molecule has 1 saturated carbocycles. The summed E-state index contributed by atoms with van der Waals surface area (Å²) in [5, 5.41) is 3.41. The molecule has 1 aliphatic rings. The third-order valence-electron chi connectivity index (χ3n) is 3.31. The zero-order chi connectivity index (χ0) is 15.0. The normalized spacial score (nSPS) is 15.4. The molecule has 0 radical (unpaired) electrons. The van der Waals surface area contributed by atoms with Crippen LogP contribution in [0.25, 0.3) is 10.4 Å². The number of alkyl halides is 3. The van der Waals surface area contributed by atoms with Gasteiger partial charge in [-0.25, -0.2) is 0 Å². The number of benzene rings is 1. The van der Waals surface area contributed by atoms with E-state index in [-0.39, 0.29) is 0 Å². The Labute approximate surface area is 133 Å². The van der Waals surface area contributed by atoms with Crippen molar-refractivity contribution in [2.45, 2.75) is 31.6 Å². The molecule has 1 heterocycles.